The lowest BCUT2D eigenvalue weighted by Gasteiger charge is -2.15. The smallest absolute Gasteiger partial charge is 0.272 e. The highest BCUT2D eigenvalue weighted by atomic mass is 16.2. The highest BCUT2D eigenvalue weighted by Crippen LogP contribution is 2.16. The largest absolute Gasteiger partial charge is 0.337 e. The highest BCUT2D eigenvalue weighted by Gasteiger charge is 2.21. The Morgan fingerprint density at radius 1 is 1.14 bits per heavy atom. The molecule has 1 aliphatic heterocycles. The van der Waals surface area contributed by atoms with E-state index in [0.717, 1.165) is 37.3 Å². The molecule has 0 saturated carbocycles. The number of nitrogens with zero attached hydrogens (tertiary/aromatic N) is 3. The average molecular weight is 282 g/mol. The molecular formula is C16H18N4O. The number of likely N-dealkylation sites (tertiary alicyclic amines) is 1. The van der Waals surface area contributed by atoms with Crippen LogP contribution in [0.1, 0.15) is 29.0 Å². The lowest BCUT2D eigenvalue weighted by molar-refractivity contribution is 0.0787. The number of rotatable bonds is 3. The summed E-state index contributed by atoms with van der Waals surface area (Å²) in [4.78, 5) is 23.0. The van der Waals surface area contributed by atoms with Crippen molar-refractivity contribution in [3.8, 4) is 0 Å². The summed E-state index contributed by atoms with van der Waals surface area (Å²) in [6, 6.07) is 11.5. The first-order chi connectivity index (χ1) is 10.2. The van der Waals surface area contributed by atoms with Gasteiger partial charge in [-0.1, -0.05) is 18.2 Å². The Morgan fingerprint density at radius 2 is 1.86 bits per heavy atom. The summed E-state index contributed by atoms with van der Waals surface area (Å²) in [5.74, 6) is 0.456. The summed E-state index contributed by atoms with van der Waals surface area (Å²) in [6.45, 7) is 3.52. The van der Waals surface area contributed by atoms with Crippen LogP contribution in [0.25, 0.3) is 0 Å². The summed E-state index contributed by atoms with van der Waals surface area (Å²) in [5, 5.41) is 3.14. The molecule has 1 fully saturated rings. The van der Waals surface area contributed by atoms with E-state index < -0.39 is 0 Å². The molecule has 5 heteroatoms. The third-order valence-corrected chi connectivity index (χ3v) is 3.50. The molecule has 1 amide bonds. The van der Waals surface area contributed by atoms with Crippen molar-refractivity contribution in [3.05, 3.63) is 47.8 Å². The van der Waals surface area contributed by atoms with Crippen LogP contribution >= 0.6 is 0 Å². The molecule has 3 rings (SSSR count). The fraction of sp³-hybridized carbons (Fsp3) is 0.312. The van der Waals surface area contributed by atoms with Gasteiger partial charge in [-0.15, -0.1) is 0 Å². The quantitative estimate of drug-likeness (QED) is 0.940. The zero-order chi connectivity index (χ0) is 14.7. The number of carbonyl (C=O) groups is 1. The van der Waals surface area contributed by atoms with Crippen LogP contribution in [0.3, 0.4) is 0 Å². The number of aryl methyl sites for hydroxylation is 1. The lowest BCUT2D eigenvalue weighted by Crippen LogP contribution is -2.28. The van der Waals surface area contributed by atoms with E-state index >= 15 is 0 Å². The molecule has 1 aromatic heterocycles. The standard InChI is InChI=1S/C16H18N4O/c1-12-11-14(15(21)20-9-5-6-10-20)19-16(17-12)18-13-7-3-2-4-8-13/h2-4,7-8,11H,5-6,9-10H2,1H3,(H,17,18,19). The maximum Gasteiger partial charge on any atom is 0.272 e. The normalized spacial score (nSPS) is 14.2. The average Bonchev–Trinajstić information content (AvgIpc) is 3.01. The number of aromatic nitrogens is 2. The van der Waals surface area contributed by atoms with Crippen molar-refractivity contribution in [2.45, 2.75) is 19.8 Å². The van der Waals surface area contributed by atoms with Gasteiger partial charge in [-0.25, -0.2) is 9.97 Å². The van der Waals surface area contributed by atoms with E-state index in [0.29, 0.717) is 11.6 Å². The molecule has 0 atom stereocenters. The molecule has 1 aromatic carbocycles. The molecule has 2 aromatic rings. The maximum atomic E-state index is 12.4. The van der Waals surface area contributed by atoms with E-state index in [-0.39, 0.29) is 5.91 Å². The molecule has 5 nitrogen and oxygen atoms in total. The fourth-order valence-electron chi connectivity index (χ4n) is 2.47. The van der Waals surface area contributed by atoms with Crippen molar-refractivity contribution >= 4 is 17.5 Å². The Balaban J connectivity index is 1.84. The number of benzene rings is 1. The Hall–Kier alpha value is -2.43. The lowest BCUT2D eigenvalue weighted by atomic mass is 10.3. The van der Waals surface area contributed by atoms with Crippen molar-refractivity contribution in [2.24, 2.45) is 0 Å². The second-order valence-corrected chi connectivity index (χ2v) is 5.21. The molecule has 1 saturated heterocycles. The molecular weight excluding hydrogens is 264 g/mol. The Bertz CT molecular complexity index is 636. The number of hydrogen-bond donors (Lipinski definition) is 1. The van der Waals surface area contributed by atoms with Crippen molar-refractivity contribution in [3.63, 3.8) is 0 Å². The van der Waals surface area contributed by atoms with Crippen LogP contribution in [0.15, 0.2) is 36.4 Å². The molecule has 1 aliphatic rings. The van der Waals surface area contributed by atoms with Crippen LogP contribution < -0.4 is 5.32 Å². The molecule has 0 bridgehead atoms. The van der Waals surface area contributed by atoms with Gasteiger partial charge in [0.15, 0.2) is 0 Å². The maximum absolute atomic E-state index is 12.4. The summed E-state index contributed by atoms with van der Waals surface area (Å²) < 4.78 is 0. The summed E-state index contributed by atoms with van der Waals surface area (Å²) >= 11 is 0. The predicted molar refractivity (Wildman–Crippen MR) is 81.6 cm³/mol. The van der Waals surface area contributed by atoms with Gasteiger partial charge in [-0.3, -0.25) is 4.79 Å². The number of anilines is 2. The van der Waals surface area contributed by atoms with Crippen molar-refractivity contribution in [2.75, 3.05) is 18.4 Å². The van der Waals surface area contributed by atoms with E-state index in [1.54, 1.807) is 6.07 Å². The summed E-state index contributed by atoms with van der Waals surface area (Å²) in [5.41, 5.74) is 2.15. The van der Waals surface area contributed by atoms with Crippen LogP contribution in [0.4, 0.5) is 11.6 Å². The molecule has 0 aliphatic carbocycles. The molecule has 1 N–H and O–H groups in total. The molecule has 108 valence electrons. The van der Waals surface area contributed by atoms with Gasteiger partial charge in [0.05, 0.1) is 0 Å². The van der Waals surface area contributed by atoms with Crippen LogP contribution in [0, 0.1) is 6.92 Å². The van der Waals surface area contributed by atoms with Gasteiger partial charge in [0.2, 0.25) is 5.95 Å². The van der Waals surface area contributed by atoms with Crippen molar-refractivity contribution < 1.29 is 4.79 Å². The van der Waals surface area contributed by atoms with Crippen LogP contribution in [0.2, 0.25) is 0 Å². The number of hydrogen-bond acceptors (Lipinski definition) is 4. The van der Waals surface area contributed by atoms with Crippen molar-refractivity contribution in [1.82, 2.24) is 14.9 Å². The second-order valence-electron chi connectivity index (χ2n) is 5.21. The van der Waals surface area contributed by atoms with E-state index in [9.17, 15) is 4.79 Å². The van der Waals surface area contributed by atoms with Crippen LogP contribution in [-0.2, 0) is 0 Å². The van der Waals surface area contributed by atoms with Gasteiger partial charge in [0.1, 0.15) is 5.69 Å². The number of amides is 1. The first-order valence-electron chi connectivity index (χ1n) is 7.19. The summed E-state index contributed by atoms with van der Waals surface area (Å²) in [6.07, 6.45) is 2.15. The topological polar surface area (TPSA) is 58.1 Å². The third-order valence-electron chi connectivity index (χ3n) is 3.50. The molecule has 0 radical (unpaired) electrons. The van der Waals surface area contributed by atoms with E-state index in [1.807, 2.05) is 42.2 Å². The number of nitrogens with one attached hydrogen (secondary N) is 1. The van der Waals surface area contributed by atoms with Gasteiger partial charge < -0.3 is 10.2 Å². The Kier molecular flexibility index (Phi) is 3.81. The van der Waals surface area contributed by atoms with Gasteiger partial charge >= 0.3 is 0 Å². The molecule has 0 spiro atoms. The minimum Gasteiger partial charge on any atom is -0.337 e. The Labute approximate surface area is 124 Å². The zero-order valence-electron chi connectivity index (χ0n) is 12.0. The fourth-order valence-corrected chi connectivity index (χ4v) is 2.47. The second kappa shape index (κ2) is 5.91. The predicted octanol–water partition coefficient (Wildman–Crippen LogP) is 2.76. The van der Waals surface area contributed by atoms with Gasteiger partial charge in [0, 0.05) is 24.5 Å². The van der Waals surface area contributed by atoms with Gasteiger partial charge in [-0.05, 0) is 38.0 Å². The Morgan fingerprint density at radius 3 is 2.57 bits per heavy atom. The minimum absolute atomic E-state index is 0.00545. The highest BCUT2D eigenvalue weighted by molar-refractivity contribution is 5.92. The van der Waals surface area contributed by atoms with E-state index in [4.69, 9.17) is 0 Å². The minimum atomic E-state index is -0.00545. The van der Waals surface area contributed by atoms with E-state index in [1.165, 1.54) is 0 Å². The van der Waals surface area contributed by atoms with Crippen LogP contribution in [0.5, 0.6) is 0 Å². The molecule has 21 heavy (non-hydrogen) atoms. The zero-order valence-corrected chi connectivity index (χ0v) is 12.0. The number of carbonyl (C=O) groups excluding carboxylic acids is 1. The molecule has 0 unspecified atom stereocenters. The van der Waals surface area contributed by atoms with Gasteiger partial charge in [0.25, 0.3) is 5.91 Å². The third kappa shape index (κ3) is 3.18. The van der Waals surface area contributed by atoms with Gasteiger partial charge in [-0.2, -0.15) is 0 Å². The molecule has 2 heterocycles. The van der Waals surface area contributed by atoms with E-state index in [2.05, 4.69) is 15.3 Å². The first kappa shape index (κ1) is 13.5. The summed E-state index contributed by atoms with van der Waals surface area (Å²) in [7, 11) is 0. The monoisotopic (exact) mass is 282 g/mol. The SMILES string of the molecule is Cc1cc(C(=O)N2CCCC2)nc(Nc2ccccc2)n1. The first-order valence-corrected chi connectivity index (χ1v) is 7.19. The van der Waals surface area contributed by atoms with Crippen LogP contribution in [-0.4, -0.2) is 33.9 Å². The van der Waals surface area contributed by atoms with Crippen molar-refractivity contribution in [1.29, 1.82) is 0 Å². The number of para-hydroxylation sites is 1.